The molecule has 0 aliphatic carbocycles. The van der Waals surface area contributed by atoms with Gasteiger partial charge in [-0.3, -0.25) is 9.88 Å². The van der Waals surface area contributed by atoms with Gasteiger partial charge < -0.3 is 19.4 Å². The Kier molecular flexibility index (Phi) is 4.38. The number of nitrogens with zero attached hydrogens (tertiary/aromatic N) is 3. The Hall–Kier alpha value is -2.80. The molecule has 2 aliphatic rings. The van der Waals surface area contributed by atoms with Gasteiger partial charge in [-0.2, -0.15) is 0 Å². The number of methoxy groups -OCH3 is 1. The lowest BCUT2D eigenvalue weighted by atomic mass is 9.87. The van der Waals surface area contributed by atoms with Gasteiger partial charge in [0.05, 0.1) is 12.8 Å². The molecule has 7 nitrogen and oxygen atoms in total. The molecule has 26 heavy (non-hydrogen) atoms. The van der Waals surface area contributed by atoms with Gasteiger partial charge in [-0.15, -0.1) is 0 Å². The highest BCUT2D eigenvalue weighted by Gasteiger charge is 2.34. The minimum absolute atomic E-state index is 0.00210. The minimum Gasteiger partial charge on any atom is -0.492 e. The third-order valence-electron chi connectivity index (χ3n) is 5.07. The number of oxime groups is 1. The van der Waals surface area contributed by atoms with E-state index in [4.69, 9.17) is 14.2 Å². The van der Waals surface area contributed by atoms with Gasteiger partial charge in [0.2, 0.25) is 12.5 Å². The average Bonchev–Trinajstić information content (AvgIpc) is 3.14. The highest BCUT2D eigenvalue weighted by atomic mass is 16.7. The molecule has 1 aromatic heterocycles. The molecular formula is C19H21N3O4. The predicted octanol–water partition coefficient (Wildman–Crippen LogP) is 2.62. The smallest absolute Gasteiger partial charge is 0.231 e. The van der Waals surface area contributed by atoms with Gasteiger partial charge in [0, 0.05) is 42.5 Å². The Bertz CT molecular complexity index is 838. The maximum absolute atomic E-state index is 9.60. The summed E-state index contributed by atoms with van der Waals surface area (Å²) in [7, 11) is 3.71. The van der Waals surface area contributed by atoms with Crippen molar-refractivity contribution in [2.24, 2.45) is 5.16 Å². The van der Waals surface area contributed by atoms with Crippen LogP contribution in [0, 0.1) is 0 Å². The van der Waals surface area contributed by atoms with Gasteiger partial charge in [-0.1, -0.05) is 5.16 Å². The molecule has 4 rings (SSSR count). The van der Waals surface area contributed by atoms with Crippen LogP contribution < -0.4 is 14.2 Å². The van der Waals surface area contributed by atoms with Gasteiger partial charge in [0.1, 0.15) is 0 Å². The van der Waals surface area contributed by atoms with Crippen LogP contribution in [0.3, 0.4) is 0 Å². The van der Waals surface area contributed by atoms with Crippen LogP contribution in [0.2, 0.25) is 0 Å². The van der Waals surface area contributed by atoms with E-state index in [1.165, 1.54) is 5.56 Å². The summed E-state index contributed by atoms with van der Waals surface area (Å²) in [5, 5.41) is 13.2. The lowest BCUT2D eigenvalue weighted by Gasteiger charge is -2.36. The zero-order chi connectivity index (χ0) is 18.1. The van der Waals surface area contributed by atoms with Crippen LogP contribution in [0.5, 0.6) is 17.2 Å². The molecule has 1 aromatic carbocycles. The third kappa shape index (κ3) is 2.74. The number of fused-ring (bicyclic) bond motifs is 2. The lowest BCUT2D eigenvalue weighted by Crippen LogP contribution is -2.34. The largest absolute Gasteiger partial charge is 0.492 e. The summed E-state index contributed by atoms with van der Waals surface area (Å²) in [5.41, 5.74) is 3.71. The molecule has 0 saturated heterocycles. The van der Waals surface area contributed by atoms with Crippen molar-refractivity contribution in [3.63, 3.8) is 0 Å². The third-order valence-corrected chi connectivity index (χ3v) is 5.07. The maximum atomic E-state index is 9.60. The van der Waals surface area contributed by atoms with Crippen LogP contribution in [0.1, 0.15) is 29.2 Å². The maximum Gasteiger partial charge on any atom is 0.231 e. The van der Waals surface area contributed by atoms with Gasteiger partial charge in [0.25, 0.3) is 0 Å². The fraction of sp³-hybridized carbons (Fsp3) is 0.368. The SMILES string of the molecule is COc1c2c(cc3c1[C@@H](C/C(=N\O)c1ccncc1)N(C)CC3)OCO2. The second-order valence-electron chi connectivity index (χ2n) is 6.45. The van der Waals surface area contributed by atoms with E-state index in [1.807, 2.05) is 18.2 Å². The van der Waals surface area contributed by atoms with Gasteiger partial charge in [-0.05, 0) is 37.2 Å². The van der Waals surface area contributed by atoms with Gasteiger partial charge >= 0.3 is 0 Å². The quantitative estimate of drug-likeness (QED) is 0.516. The van der Waals surface area contributed by atoms with Crippen molar-refractivity contribution in [1.82, 2.24) is 9.88 Å². The van der Waals surface area contributed by atoms with E-state index in [9.17, 15) is 5.21 Å². The molecule has 0 bridgehead atoms. The van der Waals surface area contributed by atoms with Crippen LogP contribution >= 0.6 is 0 Å². The zero-order valence-corrected chi connectivity index (χ0v) is 14.8. The molecule has 0 spiro atoms. The molecule has 7 heteroatoms. The minimum atomic E-state index is 0.00210. The zero-order valence-electron chi connectivity index (χ0n) is 14.8. The van der Waals surface area contributed by atoms with Crippen molar-refractivity contribution in [1.29, 1.82) is 0 Å². The fourth-order valence-corrected chi connectivity index (χ4v) is 3.73. The topological polar surface area (TPSA) is 76.4 Å². The number of hydrogen-bond acceptors (Lipinski definition) is 7. The monoisotopic (exact) mass is 355 g/mol. The van der Waals surface area contributed by atoms with E-state index in [2.05, 4.69) is 22.1 Å². The summed E-state index contributed by atoms with van der Waals surface area (Å²) in [4.78, 5) is 6.28. The molecule has 2 aromatic rings. The standard InChI is InChI=1S/C19H21N3O4/c1-22-8-5-13-9-16-18(26-11-25-16)19(24-2)17(13)15(22)10-14(21-23)12-3-6-20-7-4-12/h3-4,6-7,9,15,23H,5,8,10-11H2,1-2H3/b21-14+/t15-/m1/s1. The van der Waals surface area contributed by atoms with Crippen molar-refractivity contribution in [2.45, 2.75) is 18.9 Å². The van der Waals surface area contributed by atoms with Crippen LogP contribution in [-0.4, -0.2) is 48.3 Å². The Balaban J connectivity index is 1.76. The first-order chi connectivity index (χ1) is 12.7. The van der Waals surface area contributed by atoms with Crippen molar-refractivity contribution in [2.75, 3.05) is 27.5 Å². The number of aromatic nitrogens is 1. The highest BCUT2D eigenvalue weighted by Crippen LogP contribution is 2.50. The molecule has 2 aliphatic heterocycles. The van der Waals surface area contributed by atoms with Crippen molar-refractivity contribution >= 4 is 5.71 Å². The fourth-order valence-electron chi connectivity index (χ4n) is 3.73. The summed E-state index contributed by atoms with van der Waals surface area (Å²) in [5.74, 6) is 2.09. The molecule has 1 atom stereocenters. The van der Waals surface area contributed by atoms with Crippen LogP contribution in [0.25, 0.3) is 0 Å². The Labute approximate surface area is 151 Å². The van der Waals surface area contributed by atoms with E-state index < -0.39 is 0 Å². The molecule has 0 fully saturated rings. The van der Waals surface area contributed by atoms with Gasteiger partial charge in [0.15, 0.2) is 11.5 Å². The first-order valence-corrected chi connectivity index (χ1v) is 8.54. The summed E-state index contributed by atoms with van der Waals surface area (Å²) in [6, 6.07) is 5.73. The normalized spacial score (nSPS) is 19.3. The van der Waals surface area contributed by atoms with E-state index in [1.54, 1.807) is 19.5 Å². The predicted molar refractivity (Wildman–Crippen MR) is 95.4 cm³/mol. The number of likely N-dealkylation sites (N-methyl/N-ethyl adjacent to an activating group) is 1. The Morgan fingerprint density at radius 2 is 2.19 bits per heavy atom. The average molecular weight is 355 g/mol. The summed E-state index contributed by atoms with van der Waals surface area (Å²) in [6.45, 7) is 1.10. The molecule has 1 N–H and O–H groups in total. The summed E-state index contributed by atoms with van der Waals surface area (Å²) < 4.78 is 16.9. The molecule has 0 saturated carbocycles. The lowest BCUT2D eigenvalue weighted by molar-refractivity contribution is 0.170. The van der Waals surface area contributed by atoms with E-state index in [-0.39, 0.29) is 12.8 Å². The van der Waals surface area contributed by atoms with Crippen molar-refractivity contribution < 1.29 is 19.4 Å². The number of rotatable bonds is 4. The van der Waals surface area contributed by atoms with E-state index in [0.717, 1.165) is 29.8 Å². The second-order valence-corrected chi connectivity index (χ2v) is 6.45. The molecule has 0 radical (unpaired) electrons. The Morgan fingerprint density at radius 1 is 1.38 bits per heavy atom. The van der Waals surface area contributed by atoms with Crippen LogP contribution in [0.15, 0.2) is 35.7 Å². The molecule has 0 unspecified atom stereocenters. The second kappa shape index (κ2) is 6.84. The van der Waals surface area contributed by atoms with Crippen molar-refractivity contribution in [3.05, 3.63) is 47.3 Å². The first-order valence-electron chi connectivity index (χ1n) is 8.54. The van der Waals surface area contributed by atoms with E-state index in [0.29, 0.717) is 23.6 Å². The number of ether oxygens (including phenoxy) is 3. The molecule has 3 heterocycles. The molecular weight excluding hydrogens is 334 g/mol. The number of hydrogen-bond donors (Lipinski definition) is 1. The van der Waals surface area contributed by atoms with Gasteiger partial charge in [-0.25, -0.2) is 0 Å². The number of benzene rings is 1. The summed E-state index contributed by atoms with van der Waals surface area (Å²) in [6.07, 6.45) is 4.82. The summed E-state index contributed by atoms with van der Waals surface area (Å²) >= 11 is 0. The van der Waals surface area contributed by atoms with Crippen molar-refractivity contribution in [3.8, 4) is 17.2 Å². The molecule has 136 valence electrons. The van der Waals surface area contributed by atoms with E-state index >= 15 is 0 Å². The Morgan fingerprint density at radius 3 is 2.92 bits per heavy atom. The highest BCUT2D eigenvalue weighted by molar-refractivity contribution is 6.00. The van der Waals surface area contributed by atoms with Crippen LogP contribution in [0.4, 0.5) is 0 Å². The first kappa shape index (κ1) is 16.7. The molecule has 0 amide bonds. The van der Waals surface area contributed by atoms with Crippen LogP contribution in [-0.2, 0) is 6.42 Å². The number of pyridine rings is 1.